The molecule has 47 valence electrons. The van der Waals surface area contributed by atoms with Crippen LogP contribution in [-0.4, -0.2) is 29.9 Å². The van der Waals surface area contributed by atoms with Crippen molar-refractivity contribution in [1.82, 2.24) is 0 Å². The van der Waals surface area contributed by atoms with Crippen molar-refractivity contribution in [2.24, 2.45) is 9.98 Å². The van der Waals surface area contributed by atoms with Crippen molar-refractivity contribution in [3.8, 4) is 0 Å². The predicted octanol–water partition coefficient (Wildman–Crippen LogP) is 1.53. The molecule has 0 bridgehead atoms. The summed E-state index contributed by atoms with van der Waals surface area (Å²) in [5, 5.41) is 0. The Morgan fingerprint density at radius 3 is 2.11 bits per heavy atom. The summed E-state index contributed by atoms with van der Waals surface area (Å²) < 4.78 is 0. The van der Waals surface area contributed by atoms with E-state index < -0.39 is 0 Å². The number of hydrogen-bond donors (Lipinski definition) is 0. The van der Waals surface area contributed by atoms with E-state index in [-0.39, 0.29) is 18.8 Å². The third-order valence-corrected chi connectivity index (χ3v) is 7.70. The molecule has 0 N–H and O–H groups in total. The average molecular weight is 266 g/mol. The normalized spacial score (nSPS) is 22.2. The minimum absolute atomic E-state index is 0.162. The Morgan fingerprint density at radius 2 is 1.56 bits per heavy atom. The second-order valence-electron chi connectivity index (χ2n) is 1.09. The third-order valence-electron chi connectivity index (χ3n) is 0.541. The summed E-state index contributed by atoms with van der Waals surface area (Å²) in [7, 11) is 3.64. The Labute approximate surface area is 69.6 Å². The number of rotatable bonds is 0. The van der Waals surface area contributed by atoms with Gasteiger partial charge >= 0.3 is 70.0 Å². The fourth-order valence-electron chi connectivity index (χ4n) is 0.265. The molecule has 0 unspecified atom stereocenters. The summed E-state index contributed by atoms with van der Waals surface area (Å²) in [6.45, 7) is 0. The first kappa shape index (κ1) is 7.70. The average Bonchev–Trinajstić information content (AvgIpc) is 2.00. The van der Waals surface area contributed by atoms with Gasteiger partial charge in [0.05, 0.1) is 0 Å². The van der Waals surface area contributed by atoms with E-state index in [1.165, 1.54) is 0 Å². The van der Waals surface area contributed by atoms with Crippen LogP contribution in [0.3, 0.4) is 0 Å². The Kier molecular flexibility index (Phi) is 4.61. The van der Waals surface area contributed by atoms with Crippen LogP contribution < -0.4 is 0 Å². The third kappa shape index (κ3) is 4.06. The molecule has 0 spiro atoms. The second-order valence-corrected chi connectivity index (χ2v) is 9.97. The van der Waals surface area contributed by atoms with Gasteiger partial charge in [0.15, 0.2) is 0 Å². The van der Waals surface area contributed by atoms with Crippen molar-refractivity contribution in [1.29, 1.82) is 0 Å². The molecule has 0 atom stereocenters. The van der Waals surface area contributed by atoms with E-state index >= 15 is 0 Å². The SMILES string of the molecule is C1=N/C=C\N=C[S][Sb][S]1. The molecule has 0 saturated carbocycles. The summed E-state index contributed by atoms with van der Waals surface area (Å²) >= 11 is -0.162. The summed E-state index contributed by atoms with van der Waals surface area (Å²) in [6.07, 6.45) is 3.40. The molecule has 0 aromatic heterocycles. The molecule has 1 aliphatic heterocycles. The van der Waals surface area contributed by atoms with Gasteiger partial charge in [0.25, 0.3) is 0 Å². The van der Waals surface area contributed by atoms with Gasteiger partial charge in [-0.2, -0.15) is 0 Å². The van der Waals surface area contributed by atoms with Crippen molar-refractivity contribution in [2.45, 2.75) is 0 Å². The molecule has 0 aliphatic carbocycles. The van der Waals surface area contributed by atoms with Crippen LogP contribution in [0.15, 0.2) is 22.4 Å². The van der Waals surface area contributed by atoms with E-state index in [1.807, 2.05) is 28.8 Å². The first-order chi connectivity index (χ1) is 4.50. The van der Waals surface area contributed by atoms with Crippen molar-refractivity contribution < 1.29 is 0 Å². The molecular weight excluding hydrogens is 262 g/mol. The van der Waals surface area contributed by atoms with Gasteiger partial charge < -0.3 is 0 Å². The van der Waals surface area contributed by atoms with E-state index in [0.29, 0.717) is 0 Å². The zero-order valence-electron chi connectivity index (χ0n) is 4.47. The minimum atomic E-state index is -0.162. The molecule has 0 aromatic carbocycles. The van der Waals surface area contributed by atoms with Crippen LogP contribution in [0, 0.1) is 0 Å². The van der Waals surface area contributed by atoms with Crippen LogP contribution in [-0.2, 0) is 0 Å². The Balaban J connectivity index is 2.45. The molecule has 1 radical (unpaired) electrons. The van der Waals surface area contributed by atoms with E-state index in [4.69, 9.17) is 0 Å². The van der Waals surface area contributed by atoms with Crippen molar-refractivity contribution in [3.63, 3.8) is 0 Å². The molecule has 0 aromatic rings. The van der Waals surface area contributed by atoms with Gasteiger partial charge in [-0.05, 0) is 0 Å². The Morgan fingerprint density at radius 1 is 1.00 bits per heavy atom. The van der Waals surface area contributed by atoms with Crippen LogP contribution in [0.5, 0.6) is 0 Å². The quantitative estimate of drug-likeness (QED) is 0.621. The maximum atomic E-state index is 3.96. The van der Waals surface area contributed by atoms with Crippen molar-refractivity contribution >= 4 is 47.6 Å². The molecule has 1 heterocycles. The van der Waals surface area contributed by atoms with Gasteiger partial charge in [-0.1, -0.05) is 0 Å². The number of hydrogen-bond acceptors (Lipinski definition) is 4. The van der Waals surface area contributed by atoms with Gasteiger partial charge in [-0.3, -0.25) is 0 Å². The Bertz CT molecular complexity index is 139. The zero-order valence-corrected chi connectivity index (χ0v) is 8.65. The maximum absolute atomic E-state index is 3.96. The summed E-state index contributed by atoms with van der Waals surface area (Å²) in [6, 6.07) is 0. The molecule has 0 fully saturated rings. The number of nitrogens with zero attached hydrogens (tertiary/aromatic N) is 2. The molecule has 1 aliphatic rings. The van der Waals surface area contributed by atoms with Crippen LogP contribution >= 0.6 is 17.7 Å². The van der Waals surface area contributed by atoms with Gasteiger partial charge in [0.2, 0.25) is 0 Å². The molecule has 2 nitrogen and oxygen atoms in total. The summed E-state index contributed by atoms with van der Waals surface area (Å²) in [4.78, 5) is 7.92. The molecule has 1 rings (SSSR count). The van der Waals surface area contributed by atoms with E-state index in [1.54, 1.807) is 12.4 Å². The van der Waals surface area contributed by atoms with Crippen LogP contribution in [0.4, 0.5) is 0 Å². The molecule has 0 amide bonds. The summed E-state index contributed by atoms with van der Waals surface area (Å²) in [5.41, 5.74) is 3.77. The molecule has 9 heavy (non-hydrogen) atoms. The Hall–Kier alpha value is 0.598. The fraction of sp³-hybridized carbons (Fsp3) is 0. The molecular formula is C4H4N2S2Sb. The second kappa shape index (κ2) is 5.39. The van der Waals surface area contributed by atoms with Crippen LogP contribution in [0.2, 0.25) is 0 Å². The standard InChI is InChI=1S/C4H6N2S2.Sb/c7-3-5-1-2-6-4-8;/h1-4H,(H,5,7)(H,6,8);/q;+2/p-2/b2-1-;. The monoisotopic (exact) mass is 265 g/mol. The van der Waals surface area contributed by atoms with Gasteiger partial charge in [0.1, 0.15) is 0 Å². The van der Waals surface area contributed by atoms with Gasteiger partial charge in [-0.25, -0.2) is 0 Å². The molecule has 5 heteroatoms. The van der Waals surface area contributed by atoms with Crippen LogP contribution in [0.1, 0.15) is 0 Å². The summed E-state index contributed by atoms with van der Waals surface area (Å²) in [5.74, 6) is 0. The topological polar surface area (TPSA) is 24.7 Å². The van der Waals surface area contributed by atoms with Gasteiger partial charge in [-0.15, -0.1) is 0 Å². The fourth-order valence-corrected chi connectivity index (χ4v) is 5.21. The first-order valence-corrected chi connectivity index (χ1v) is 10.1. The molecule has 0 saturated heterocycles. The van der Waals surface area contributed by atoms with Crippen LogP contribution in [0.25, 0.3) is 0 Å². The zero-order chi connectivity index (χ0) is 6.36. The van der Waals surface area contributed by atoms with Crippen molar-refractivity contribution in [3.05, 3.63) is 12.4 Å². The number of aliphatic imine (C=N–C) groups is 2. The van der Waals surface area contributed by atoms with Crippen molar-refractivity contribution in [2.75, 3.05) is 0 Å². The first-order valence-electron chi connectivity index (χ1n) is 2.20. The van der Waals surface area contributed by atoms with E-state index in [2.05, 4.69) is 9.98 Å². The van der Waals surface area contributed by atoms with E-state index in [9.17, 15) is 0 Å². The predicted molar refractivity (Wildman–Crippen MR) is 47.1 cm³/mol. The van der Waals surface area contributed by atoms with Gasteiger partial charge in [0, 0.05) is 0 Å². The van der Waals surface area contributed by atoms with E-state index in [0.717, 1.165) is 0 Å².